The van der Waals surface area contributed by atoms with Gasteiger partial charge < -0.3 is 5.32 Å². The topological polar surface area (TPSA) is 99.1 Å². The van der Waals surface area contributed by atoms with Crippen molar-refractivity contribution in [2.24, 2.45) is 0 Å². The molecule has 1 amide bonds. The van der Waals surface area contributed by atoms with E-state index in [1.165, 1.54) is 24.3 Å². The quantitative estimate of drug-likeness (QED) is 0.640. The van der Waals surface area contributed by atoms with Crippen LogP contribution in [-0.4, -0.2) is 44.1 Å². The molecule has 1 fully saturated rings. The normalized spacial score (nSPS) is 18.2. The Kier molecular flexibility index (Phi) is 6.23. The largest absolute Gasteiger partial charge is 0.407 e. The highest BCUT2D eigenvalue weighted by Gasteiger charge is 2.48. The van der Waals surface area contributed by atoms with E-state index in [1.54, 1.807) is 0 Å². The lowest BCUT2D eigenvalue weighted by Gasteiger charge is -2.27. The molecule has 148 valence electrons. The van der Waals surface area contributed by atoms with E-state index in [4.69, 9.17) is 5.26 Å². The second kappa shape index (κ2) is 7.77. The van der Waals surface area contributed by atoms with Crippen molar-refractivity contribution in [3.63, 3.8) is 0 Å². The van der Waals surface area contributed by atoms with Crippen molar-refractivity contribution in [3.05, 3.63) is 34.3 Å². The minimum absolute atomic E-state index is 0.168. The number of sulfone groups is 1. The van der Waals surface area contributed by atoms with Crippen molar-refractivity contribution in [1.82, 2.24) is 10.6 Å². The van der Waals surface area contributed by atoms with Gasteiger partial charge in [-0.3, -0.25) is 10.1 Å². The van der Waals surface area contributed by atoms with Crippen LogP contribution in [0.25, 0.3) is 0 Å². The Morgan fingerprint density at radius 3 is 2.30 bits per heavy atom. The molecular formula is C16H17BrF3N3O3S. The summed E-state index contributed by atoms with van der Waals surface area (Å²) in [6.07, 6.45) is -3.20. The first-order valence-corrected chi connectivity index (χ1v) is 10.7. The third-order valence-corrected chi connectivity index (χ3v) is 5.48. The molecule has 1 aromatic rings. The van der Waals surface area contributed by atoms with Crippen molar-refractivity contribution in [1.29, 1.82) is 5.26 Å². The highest BCUT2D eigenvalue weighted by atomic mass is 79.9. The van der Waals surface area contributed by atoms with E-state index in [-0.39, 0.29) is 5.56 Å². The average molecular weight is 468 g/mol. The van der Waals surface area contributed by atoms with Crippen LogP contribution < -0.4 is 10.6 Å². The van der Waals surface area contributed by atoms with Crippen molar-refractivity contribution in [2.45, 2.75) is 36.6 Å². The van der Waals surface area contributed by atoms with E-state index in [1.807, 2.05) is 6.07 Å². The zero-order valence-electron chi connectivity index (χ0n) is 14.2. The van der Waals surface area contributed by atoms with Gasteiger partial charge in [-0.05, 0) is 30.5 Å². The standard InChI is InChI=1S/C16H17BrF3N3O3S/c1-27(25,26)8-12(14(24)23-15(9-21)6-7-15)22-13(16(18,19)20)10-2-4-11(17)5-3-10/h2-5,12-13,22H,6-8H2,1H3,(H,23,24)/t12-,13?/m0/s1. The molecule has 0 bridgehead atoms. The minimum atomic E-state index is -4.77. The Morgan fingerprint density at radius 2 is 1.89 bits per heavy atom. The molecule has 0 spiro atoms. The zero-order valence-corrected chi connectivity index (χ0v) is 16.6. The summed E-state index contributed by atoms with van der Waals surface area (Å²) in [5.41, 5.74) is -1.29. The van der Waals surface area contributed by atoms with Crippen molar-refractivity contribution in [2.75, 3.05) is 12.0 Å². The lowest BCUT2D eigenvalue weighted by atomic mass is 10.1. The van der Waals surface area contributed by atoms with E-state index in [9.17, 15) is 26.4 Å². The maximum atomic E-state index is 13.6. The van der Waals surface area contributed by atoms with E-state index in [0.29, 0.717) is 17.3 Å². The molecule has 1 aliphatic carbocycles. The molecule has 1 aliphatic rings. The SMILES string of the molecule is CS(=O)(=O)C[C@H](NC(c1ccc(Br)cc1)C(F)(F)F)C(=O)NC1(C#N)CC1. The molecule has 2 atom stereocenters. The summed E-state index contributed by atoms with van der Waals surface area (Å²) < 4.78 is 64.6. The molecule has 27 heavy (non-hydrogen) atoms. The van der Waals surface area contributed by atoms with E-state index < -0.39 is 45.3 Å². The molecule has 0 aliphatic heterocycles. The van der Waals surface area contributed by atoms with Gasteiger partial charge in [-0.1, -0.05) is 28.1 Å². The molecule has 2 rings (SSSR count). The summed E-state index contributed by atoms with van der Waals surface area (Å²) in [4.78, 5) is 12.4. The fourth-order valence-corrected chi connectivity index (χ4v) is 3.57. The highest BCUT2D eigenvalue weighted by Crippen LogP contribution is 2.35. The summed E-state index contributed by atoms with van der Waals surface area (Å²) in [5, 5.41) is 13.5. The number of nitrogens with zero attached hydrogens (tertiary/aromatic N) is 1. The number of hydrogen-bond donors (Lipinski definition) is 2. The van der Waals surface area contributed by atoms with Crippen LogP contribution in [0.3, 0.4) is 0 Å². The summed E-state index contributed by atoms with van der Waals surface area (Å²) in [6, 6.07) is 3.25. The van der Waals surface area contributed by atoms with Gasteiger partial charge >= 0.3 is 6.18 Å². The molecule has 1 unspecified atom stereocenters. The second-order valence-corrected chi connectivity index (χ2v) is 9.62. The van der Waals surface area contributed by atoms with Crippen LogP contribution in [0.4, 0.5) is 13.2 Å². The van der Waals surface area contributed by atoms with E-state index in [2.05, 4.69) is 26.6 Å². The Bertz CT molecular complexity index is 846. The third-order valence-electron chi connectivity index (χ3n) is 4.01. The van der Waals surface area contributed by atoms with Gasteiger partial charge in [0.1, 0.15) is 27.5 Å². The number of halogens is 4. The predicted octanol–water partition coefficient (Wildman–Crippen LogP) is 2.23. The molecule has 1 aromatic carbocycles. The van der Waals surface area contributed by atoms with Gasteiger partial charge in [0.05, 0.1) is 11.8 Å². The first kappa shape index (κ1) is 21.7. The molecule has 11 heteroatoms. The Hall–Kier alpha value is -1.64. The van der Waals surface area contributed by atoms with E-state index >= 15 is 0 Å². The average Bonchev–Trinajstić information content (AvgIpc) is 3.30. The Morgan fingerprint density at radius 1 is 1.33 bits per heavy atom. The lowest BCUT2D eigenvalue weighted by molar-refractivity contribution is -0.160. The summed E-state index contributed by atoms with van der Waals surface area (Å²) in [7, 11) is -3.77. The summed E-state index contributed by atoms with van der Waals surface area (Å²) in [6.45, 7) is 0. The predicted molar refractivity (Wildman–Crippen MR) is 95.3 cm³/mol. The van der Waals surface area contributed by atoms with Crippen molar-refractivity contribution >= 4 is 31.7 Å². The van der Waals surface area contributed by atoms with Crippen LogP contribution in [0.2, 0.25) is 0 Å². The van der Waals surface area contributed by atoms with Crippen molar-refractivity contribution < 1.29 is 26.4 Å². The first-order valence-electron chi connectivity index (χ1n) is 7.84. The van der Waals surface area contributed by atoms with Gasteiger partial charge in [0.15, 0.2) is 0 Å². The number of amides is 1. The molecule has 2 N–H and O–H groups in total. The van der Waals surface area contributed by atoms with Crippen LogP contribution in [0.1, 0.15) is 24.4 Å². The third kappa shape index (κ3) is 6.19. The molecular weight excluding hydrogens is 451 g/mol. The van der Waals surface area contributed by atoms with Gasteiger partial charge in [0, 0.05) is 10.7 Å². The van der Waals surface area contributed by atoms with Crippen LogP contribution in [0.15, 0.2) is 28.7 Å². The van der Waals surface area contributed by atoms with Crippen LogP contribution in [0, 0.1) is 11.3 Å². The number of alkyl halides is 3. The summed E-state index contributed by atoms with van der Waals surface area (Å²) in [5.74, 6) is -1.78. The molecule has 1 saturated carbocycles. The molecule has 0 saturated heterocycles. The van der Waals surface area contributed by atoms with Crippen molar-refractivity contribution in [3.8, 4) is 6.07 Å². The fraction of sp³-hybridized carbons (Fsp3) is 0.500. The molecule has 0 heterocycles. The van der Waals surface area contributed by atoms with Gasteiger partial charge in [0.2, 0.25) is 5.91 Å². The number of rotatable bonds is 7. The number of hydrogen-bond acceptors (Lipinski definition) is 5. The van der Waals surface area contributed by atoms with Crippen LogP contribution >= 0.6 is 15.9 Å². The molecule has 6 nitrogen and oxygen atoms in total. The minimum Gasteiger partial charge on any atom is -0.336 e. The second-order valence-electron chi connectivity index (χ2n) is 6.52. The van der Waals surface area contributed by atoms with Gasteiger partial charge in [-0.15, -0.1) is 0 Å². The number of benzene rings is 1. The number of nitrogens with one attached hydrogen (secondary N) is 2. The lowest BCUT2D eigenvalue weighted by Crippen LogP contribution is -2.54. The smallest absolute Gasteiger partial charge is 0.336 e. The molecule has 0 aromatic heterocycles. The zero-order chi connectivity index (χ0) is 20.5. The maximum absolute atomic E-state index is 13.6. The maximum Gasteiger partial charge on any atom is 0.407 e. The van der Waals surface area contributed by atoms with Gasteiger partial charge in [-0.25, -0.2) is 8.42 Å². The Balaban J connectivity index is 2.30. The fourth-order valence-electron chi connectivity index (χ4n) is 2.45. The monoisotopic (exact) mass is 467 g/mol. The summed E-state index contributed by atoms with van der Waals surface area (Å²) >= 11 is 3.13. The number of carbonyl (C=O) groups excluding carboxylic acids is 1. The van der Waals surface area contributed by atoms with Gasteiger partial charge in [-0.2, -0.15) is 18.4 Å². The number of carbonyl (C=O) groups is 1. The van der Waals surface area contributed by atoms with Gasteiger partial charge in [0.25, 0.3) is 0 Å². The first-order chi connectivity index (χ1) is 12.4. The number of nitriles is 1. The van der Waals surface area contributed by atoms with Crippen LogP contribution in [0.5, 0.6) is 0 Å². The highest BCUT2D eigenvalue weighted by molar-refractivity contribution is 9.10. The van der Waals surface area contributed by atoms with Crippen LogP contribution in [-0.2, 0) is 14.6 Å². The van der Waals surface area contributed by atoms with E-state index in [0.717, 1.165) is 6.26 Å². The molecule has 0 radical (unpaired) electrons. The Labute approximate surface area is 163 Å².